The number of carbonyl (C=O) groups is 1. The molecule has 0 bridgehead atoms. The molecule has 0 spiro atoms. The Bertz CT molecular complexity index is 315. The maximum atomic E-state index is 11.7. The van der Waals surface area contributed by atoms with Gasteiger partial charge in [-0.2, -0.15) is 0 Å². The molecule has 1 saturated heterocycles. The zero-order chi connectivity index (χ0) is 13.1. The zero-order valence-electron chi connectivity index (χ0n) is 10.9. The molecule has 0 aromatic heterocycles. The second-order valence-electron chi connectivity index (χ2n) is 5.40. The van der Waals surface area contributed by atoms with Crippen LogP contribution in [0.4, 0.5) is 0 Å². The van der Waals surface area contributed by atoms with Crippen LogP contribution in [0.25, 0.3) is 4.85 Å². The number of nitrogens with zero attached hydrogens (tertiary/aromatic N) is 3. The maximum Gasteiger partial charge on any atom is 0.236 e. The van der Waals surface area contributed by atoms with Gasteiger partial charge in [0.1, 0.15) is 6.04 Å². The van der Waals surface area contributed by atoms with Crippen LogP contribution < -0.4 is 5.73 Å². The Morgan fingerprint density at radius 2 is 2.12 bits per heavy atom. The zero-order valence-corrected chi connectivity index (χ0v) is 10.9. The van der Waals surface area contributed by atoms with Crippen molar-refractivity contribution in [1.29, 1.82) is 0 Å². The molecule has 0 aromatic rings. The minimum atomic E-state index is -0.0489. The lowest BCUT2D eigenvalue weighted by Crippen LogP contribution is -2.61. The molecule has 0 saturated carbocycles. The van der Waals surface area contributed by atoms with E-state index in [1.54, 1.807) is 4.90 Å². The Morgan fingerprint density at radius 3 is 2.59 bits per heavy atom. The van der Waals surface area contributed by atoms with Crippen molar-refractivity contribution in [3.8, 4) is 0 Å². The van der Waals surface area contributed by atoms with E-state index in [2.05, 4.69) is 30.5 Å². The Morgan fingerprint density at radius 1 is 1.47 bits per heavy atom. The van der Waals surface area contributed by atoms with E-state index in [-0.39, 0.29) is 24.0 Å². The van der Waals surface area contributed by atoms with Gasteiger partial charge in [-0.15, -0.1) is 0 Å². The highest BCUT2D eigenvalue weighted by atomic mass is 16.2. The molecule has 5 heteroatoms. The van der Waals surface area contributed by atoms with E-state index in [4.69, 9.17) is 12.3 Å². The van der Waals surface area contributed by atoms with Gasteiger partial charge in [0.15, 0.2) is 0 Å². The minimum Gasteiger partial charge on any atom is -0.328 e. The number of nitrogens with two attached hydrogens (primary N) is 1. The first-order valence-electron chi connectivity index (χ1n) is 5.98. The first kappa shape index (κ1) is 13.9. The molecule has 0 aliphatic carbocycles. The van der Waals surface area contributed by atoms with Crippen molar-refractivity contribution in [3.63, 3.8) is 0 Å². The van der Waals surface area contributed by atoms with Crippen LogP contribution in [0.5, 0.6) is 0 Å². The van der Waals surface area contributed by atoms with Gasteiger partial charge in [0.25, 0.3) is 0 Å². The SMILES string of the molecule is [C-]#[N+]C[C@H]1CN(C(C)(C)C)CCN1C(=O)CN. The van der Waals surface area contributed by atoms with Crippen LogP contribution in [0.3, 0.4) is 0 Å². The molecule has 1 atom stereocenters. The molecule has 1 aliphatic heterocycles. The molecule has 2 N–H and O–H groups in total. The van der Waals surface area contributed by atoms with Gasteiger partial charge in [0.2, 0.25) is 12.5 Å². The van der Waals surface area contributed by atoms with Gasteiger partial charge in [0, 0.05) is 25.2 Å². The number of hydrogen-bond acceptors (Lipinski definition) is 3. The minimum absolute atomic E-state index is 0.0171. The number of rotatable bonds is 2. The van der Waals surface area contributed by atoms with E-state index in [1.165, 1.54) is 0 Å². The van der Waals surface area contributed by atoms with Crippen molar-refractivity contribution < 1.29 is 4.79 Å². The fraction of sp³-hybridized carbons (Fsp3) is 0.833. The molecule has 1 amide bonds. The summed E-state index contributed by atoms with van der Waals surface area (Å²) >= 11 is 0. The molecule has 1 rings (SSSR count). The highest BCUT2D eigenvalue weighted by Gasteiger charge is 2.35. The van der Waals surface area contributed by atoms with Crippen LogP contribution in [0.2, 0.25) is 0 Å². The van der Waals surface area contributed by atoms with Gasteiger partial charge in [-0.1, -0.05) is 0 Å². The first-order valence-corrected chi connectivity index (χ1v) is 5.98. The van der Waals surface area contributed by atoms with Crippen molar-refractivity contribution in [1.82, 2.24) is 9.80 Å². The first-order chi connectivity index (χ1) is 7.90. The van der Waals surface area contributed by atoms with Crippen molar-refractivity contribution in [2.45, 2.75) is 32.4 Å². The Labute approximate surface area is 103 Å². The maximum absolute atomic E-state index is 11.7. The average molecular weight is 238 g/mol. The summed E-state index contributed by atoms with van der Waals surface area (Å²) < 4.78 is 0. The summed E-state index contributed by atoms with van der Waals surface area (Å²) in [5, 5.41) is 0. The van der Waals surface area contributed by atoms with Crippen LogP contribution >= 0.6 is 0 Å². The summed E-state index contributed by atoms with van der Waals surface area (Å²) in [6.45, 7) is 16.1. The van der Waals surface area contributed by atoms with Crippen molar-refractivity contribution >= 4 is 5.91 Å². The summed E-state index contributed by atoms with van der Waals surface area (Å²) in [6.07, 6.45) is 0. The lowest BCUT2D eigenvalue weighted by Gasteiger charge is -2.45. The number of amides is 1. The van der Waals surface area contributed by atoms with Crippen molar-refractivity contribution in [2.75, 3.05) is 32.7 Å². The third-order valence-corrected chi connectivity index (χ3v) is 3.23. The fourth-order valence-electron chi connectivity index (χ4n) is 2.17. The third kappa shape index (κ3) is 3.42. The standard InChI is InChI=1S/C12H22N4O/c1-12(2,3)15-5-6-16(11(17)7-13)10(9-15)8-14-4/h10H,5-9,13H2,1-3H3/t10-/m0/s1. The molecule has 0 unspecified atom stereocenters. The molecule has 17 heavy (non-hydrogen) atoms. The fourth-order valence-corrected chi connectivity index (χ4v) is 2.17. The smallest absolute Gasteiger partial charge is 0.236 e. The normalized spacial score (nSPS) is 22.3. The van der Waals surface area contributed by atoms with Crippen LogP contribution in [-0.2, 0) is 4.79 Å². The van der Waals surface area contributed by atoms with Crippen LogP contribution in [0.1, 0.15) is 20.8 Å². The topological polar surface area (TPSA) is 53.9 Å². The molecule has 1 heterocycles. The van der Waals surface area contributed by atoms with E-state index < -0.39 is 0 Å². The van der Waals surface area contributed by atoms with Gasteiger partial charge in [-0.05, 0) is 20.8 Å². The van der Waals surface area contributed by atoms with Gasteiger partial charge in [0.05, 0.1) is 6.54 Å². The van der Waals surface area contributed by atoms with E-state index >= 15 is 0 Å². The number of hydrogen-bond donors (Lipinski definition) is 1. The Kier molecular flexibility index (Phi) is 4.49. The number of piperazine rings is 1. The molecule has 96 valence electrons. The predicted octanol–water partition coefficient (Wildman–Crippen LogP) is 0.176. The lowest BCUT2D eigenvalue weighted by atomic mass is 10.0. The van der Waals surface area contributed by atoms with E-state index in [0.29, 0.717) is 13.1 Å². The molecule has 5 nitrogen and oxygen atoms in total. The molecule has 1 aliphatic rings. The second kappa shape index (κ2) is 5.48. The number of carbonyl (C=O) groups excluding carboxylic acids is 1. The monoisotopic (exact) mass is 238 g/mol. The van der Waals surface area contributed by atoms with Crippen molar-refractivity contribution in [2.24, 2.45) is 5.73 Å². The van der Waals surface area contributed by atoms with Crippen LogP contribution in [0, 0.1) is 6.57 Å². The molecule has 0 radical (unpaired) electrons. The highest BCUT2D eigenvalue weighted by Crippen LogP contribution is 2.19. The van der Waals surface area contributed by atoms with E-state index in [9.17, 15) is 4.79 Å². The summed E-state index contributed by atoms with van der Waals surface area (Å²) in [4.78, 5) is 19.2. The molecular formula is C12H22N4O. The summed E-state index contributed by atoms with van der Waals surface area (Å²) in [5.41, 5.74) is 5.48. The quantitative estimate of drug-likeness (QED) is 0.698. The average Bonchev–Trinajstić information content (AvgIpc) is 2.27. The lowest BCUT2D eigenvalue weighted by molar-refractivity contribution is -0.135. The van der Waals surface area contributed by atoms with Crippen molar-refractivity contribution in [3.05, 3.63) is 11.4 Å². The summed E-state index contributed by atoms with van der Waals surface area (Å²) in [6, 6.07) is -0.0171. The summed E-state index contributed by atoms with van der Waals surface area (Å²) in [5.74, 6) is -0.0489. The third-order valence-electron chi connectivity index (χ3n) is 3.23. The molecule has 1 fully saturated rings. The predicted molar refractivity (Wildman–Crippen MR) is 67.4 cm³/mol. The molecule has 0 aromatic carbocycles. The van der Waals surface area contributed by atoms with Crippen LogP contribution in [0.15, 0.2) is 0 Å². The van der Waals surface area contributed by atoms with E-state index in [1.807, 2.05) is 0 Å². The second-order valence-corrected chi connectivity index (χ2v) is 5.40. The Hall–Kier alpha value is -1.12. The van der Waals surface area contributed by atoms with E-state index in [0.717, 1.165) is 13.1 Å². The highest BCUT2D eigenvalue weighted by molar-refractivity contribution is 5.78. The molecular weight excluding hydrogens is 216 g/mol. The van der Waals surface area contributed by atoms with Gasteiger partial charge in [-0.25, -0.2) is 6.57 Å². The van der Waals surface area contributed by atoms with Gasteiger partial charge < -0.3 is 15.5 Å². The van der Waals surface area contributed by atoms with Crippen LogP contribution in [-0.4, -0.2) is 60.0 Å². The summed E-state index contributed by atoms with van der Waals surface area (Å²) in [7, 11) is 0. The van der Waals surface area contributed by atoms with Gasteiger partial charge >= 0.3 is 0 Å². The largest absolute Gasteiger partial charge is 0.328 e. The Balaban J connectivity index is 2.75. The van der Waals surface area contributed by atoms with Gasteiger partial charge in [-0.3, -0.25) is 9.69 Å².